The molecule has 0 spiro atoms. The second-order valence-electron chi connectivity index (χ2n) is 6.95. The van der Waals surface area contributed by atoms with Gasteiger partial charge in [0, 0.05) is 5.69 Å². The lowest BCUT2D eigenvalue weighted by molar-refractivity contribution is -0.147. The molecular formula is C21H20Cl2N2O4. The van der Waals surface area contributed by atoms with Crippen molar-refractivity contribution in [1.82, 2.24) is 0 Å². The third-order valence-corrected chi connectivity index (χ3v) is 5.77. The van der Waals surface area contributed by atoms with Crippen molar-refractivity contribution < 1.29 is 19.5 Å². The van der Waals surface area contributed by atoms with Gasteiger partial charge in [0.2, 0.25) is 5.91 Å². The minimum absolute atomic E-state index is 0.259. The summed E-state index contributed by atoms with van der Waals surface area (Å²) in [6, 6.07) is 11.3. The molecule has 8 heteroatoms. The van der Waals surface area contributed by atoms with E-state index in [9.17, 15) is 19.5 Å². The van der Waals surface area contributed by atoms with E-state index in [4.69, 9.17) is 23.2 Å². The Morgan fingerprint density at radius 1 is 0.897 bits per heavy atom. The van der Waals surface area contributed by atoms with Crippen LogP contribution >= 0.6 is 23.2 Å². The van der Waals surface area contributed by atoms with Gasteiger partial charge in [-0.3, -0.25) is 14.4 Å². The van der Waals surface area contributed by atoms with Crippen LogP contribution in [0, 0.1) is 11.8 Å². The Morgan fingerprint density at radius 3 is 2.28 bits per heavy atom. The molecule has 3 rings (SSSR count). The first-order valence-corrected chi connectivity index (χ1v) is 10.0. The molecule has 2 aromatic rings. The number of rotatable bonds is 5. The standard InChI is InChI=1S/C21H20Cl2N2O4/c22-16-10-9-12(11-17(16)23)24-20(27)15-7-3-4-8-18(15)25-19(26)13-5-1-2-6-14(13)21(28)29/h3-4,7-11,13-14H,1-2,5-6H2,(H,24,27)(H,25,26)(H,28,29)/t13-,14-/m1/s1. The number of carbonyl (C=O) groups is 3. The summed E-state index contributed by atoms with van der Waals surface area (Å²) in [5, 5.41) is 15.6. The number of aliphatic carboxylic acids is 1. The summed E-state index contributed by atoms with van der Waals surface area (Å²) in [5.41, 5.74) is 1.04. The van der Waals surface area contributed by atoms with Gasteiger partial charge in [-0.1, -0.05) is 48.2 Å². The molecule has 0 aromatic heterocycles. The topological polar surface area (TPSA) is 95.5 Å². The molecule has 0 radical (unpaired) electrons. The van der Waals surface area contributed by atoms with Crippen LogP contribution in [0.1, 0.15) is 36.0 Å². The Kier molecular flexibility index (Phi) is 6.77. The summed E-state index contributed by atoms with van der Waals surface area (Å²) in [5.74, 6) is -3.10. The van der Waals surface area contributed by atoms with Gasteiger partial charge < -0.3 is 15.7 Å². The lowest BCUT2D eigenvalue weighted by Gasteiger charge is -2.27. The minimum atomic E-state index is -0.963. The summed E-state index contributed by atoms with van der Waals surface area (Å²) < 4.78 is 0. The van der Waals surface area contributed by atoms with Crippen molar-refractivity contribution in [3.63, 3.8) is 0 Å². The van der Waals surface area contributed by atoms with Crippen molar-refractivity contribution in [1.29, 1.82) is 0 Å². The van der Waals surface area contributed by atoms with E-state index in [-0.39, 0.29) is 11.5 Å². The molecule has 0 unspecified atom stereocenters. The third kappa shape index (κ3) is 5.08. The molecular weight excluding hydrogens is 415 g/mol. The number of hydrogen-bond donors (Lipinski definition) is 3. The van der Waals surface area contributed by atoms with Crippen LogP contribution in [0.15, 0.2) is 42.5 Å². The van der Waals surface area contributed by atoms with Crippen molar-refractivity contribution >= 4 is 52.4 Å². The van der Waals surface area contributed by atoms with Gasteiger partial charge in [0.1, 0.15) is 0 Å². The highest BCUT2D eigenvalue weighted by atomic mass is 35.5. The molecule has 2 atom stereocenters. The van der Waals surface area contributed by atoms with Crippen molar-refractivity contribution in [3.05, 3.63) is 58.1 Å². The molecule has 2 aromatic carbocycles. The van der Waals surface area contributed by atoms with Crippen molar-refractivity contribution in [2.75, 3.05) is 10.6 Å². The van der Waals surface area contributed by atoms with Gasteiger partial charge in [0.15, 0.2) is 0 Å². The van der Waals surface area contributed by atoms with Crippen LogP contribution in [0.3, 0.4) is 0 Å². The highest BCUT2D eigenvalue weighted by molar-refractivity contribution is 6.42. The Hall–Kier alpha value is -2.57. The number of carbonyl (C=O) groups excluding carboxylic acids is 2. The van der Waals surface area contributed by atoms with E-state index in [1.165, 1.54) is 6.07 Å². The predicted octanol–water partition coefficient (Wildman–Crippen LogP) is 5.08. The molecule has 1 aliphatic rings. The molecule has 2 amide bonds. The first-order valence-electron chi connectivity index (χ1n) is 9.26. The molecule has 1 saturated carbocycles. The second kappa shape index (κ2) is 9.29. The summed E-state index contributed by atoms with van der Waals surface area (Å²) in [6.45, 7) is 0. The van der Waals surface area contributed by atoms with Crippen molar-refractivity contribution in [3.8, 4) is 0 Å². The molecule has 0 saturated heterocycles. The van der Waals surface area contributed by atoms with Gasteiger partial charge >= 0.3 is 5.97 Å². The van der Waals surface area contributed by atoms with Crippen molar-refractivity contribution in [2.45, 2.75) is 25.7 Å². The lowest BCUT2D eigenvalue weighted by Crippen LogP contribution is -2.36. The fraction of sp³-hybridized carbons (Fsp3) is 0.286. The zero-order valence-corrected chi connectivity index (χ0v) is 17.0. The van der Waals surface area contributed by atoms with Crippen LogP contribution in [0.2, 0.25) is 10.0 Å². The Morgan fingerprint density at radius 2 is 1.59 bits per heavy atom. The number of para-hydroxylation sites is 1. The number of halogens is 2. The number of carboxylic acids is 1. The maximum absolute atomic E-state index is 12.8. The zero-order valence-electron chi connectivity index (χ0n) is 15.5. The average molecular weight is 435 g/mol. The molecule has 6 nitrogen and oxygen atoms in total. The molecule has 3 N–H and O–H groups in total. The molecule has 1 aliphatic carbocycles. The largest absolute Gasteiger partial charge is 0.481 e. The van der Waals surface area contributed by atoms with E-state index >= 15 is 0 Å². The Bertz CT molecular complexity index is 948. The van der Waals surface area contributed by atoms with Gasteiger partial charge in [-0.05, 0) is 43.2 Å². The molecule has 152 valence electrons. The van der Waals surface area contributed by atoms with Crippen LogP contribution in [0.4, 0.5) is 11.4 Å². The predicted molar refractivity (Wildman–Crippen MR) is 113 cm³/mol. The van der Waals surface area contributed by atoms with E-state index in [0.29, 0.717) is 34.3 Å². The first kappa shape index (κ1) is 21.1. The quantitative estimate of drug-likeness (QED) is 0.611. The zero-order chi connectivity index (χ0) is 21.0. The Balaban J connectivity index is 1.77. The molecule has 0 heterocycles. The van der Waals surface area contributed by atoms with E-state index in [2.05, 4.69) is 10.6 Å². The van der Waals surface area contributed by atoms with Crippen LogP contribution in [0.25, 0.3) is 0 Å². The van der Waals surface area contributed by atoms with Gasteiger partial charge in [0.05, 0.1) is 33.1 Å². The fourth-order valence-electron chi connectivity index (χ4n) is 3.53. The van der Waals surface area contributed by atoms with Crippen molar-refractivity contribution in [2.24, 2.45) is 11.8 Å². The smallest absolute Gasteiger partial charge is 0.307 e. The number of amides is 2. The Labute approximate surface area is 178 Å². The number of anilines is 2. The minimum Gasteiger partial charge on any atom is -0.481 e. The second-order valence-corrected chi connectivity index (χ2v) is 7.77. The van der Waals surface area contributed by atoms with E-state index in [0.717, 1.165) is 12.8 Å². The van der Waals surface area contributed by atoms with Crippen LogP contribution < -0.4 is 10.6 Å². The maximum Gasteiger partial charge on any atom is 0.307 e. The summed E-state index contributed by atoms with van der Waals surface area (Å²) >= 11 is 11.9. The van der Waals surface area contributed by atoms with E-state index in [1.807, 2.05) is 0 Å². The molecule has 29 heavy (non-hydrogen) atoms. The first-order chi connectivity index (χ1) is 13.9. The normalized spacial score (nSPS) is 18.7. The summed E-state index contributed by atoms with van der Waals surface area (Å²) in [4.78, 5) is 37.0. The van der Waals surface area contributed by atoms with Crippen LogP contribution in [-0.2, 0) is 9.59 Å². The fourth-order valence-corrected chi connectivity index (χ4v) is 3.83. The average Bonchev–Trinajstić information content (AvgIpc) is 2.71. The lowest BCUT2D eigenvalue weighted by atomic mass is 9.78. The van der Waals surface area contributed by atoms with Gasteiger partial charge in [-0.15, -0.1) is 0 Å². The molecule has 1 fully saturated rings. The van der Waals surface area contributed by atoms with Gasteiger partial charge in [-0.25, -0.2) is 0 Å². The van der Waals surface area contributed by atoms with Gasteiger partial charge in [0.25, 0.3) is 5.91 Å². The van der Waals surface area contributed by atoms with Crippen LogP contribution in [0.5, 0.6) is 0 Å². The number of carboxylic acid groups (broad SMARTS) is 1. The highest BCUT2D eigenvalue weighted by Crippen LogP contribution is 2.32. The van der Waals surface area contributed by atoms with Gasteiger partial charge in [-0.2, -0.15) is 0 Å². The molecule has 0 bridgehead atoms. The third-order valence-electron chi connectivity index (χ3n) is 5.03. The summed E-state index contributed by atoms with van der Waals surface area (Å²) in [7, 11) is 0. The van der Waals surface area contributed by atoms with E-state index < -0.39 is 23.7 Å². The van der Waals surface area contributed by atoms with Crippen LogP contribution in [-0.4, -0.2) is 22.9 Å². The summed E-state index contributed by atoms with van der Waals surface area (Å²) in [6.07, 6.45) is 2.60. The highest BCUT2D eigenvalue weighted by Gasteiger charge is 2.36. The number of benzene rings is 2. The number of nitrogens with one attached hydrogen (secondary N) is 2. The monoisotopic (exact) mass is 434 g/mol. The molecule has 0 aliphatic heterocycles. The van der Waals surface area contributed by atoms with E-state index in [1.54, 1.807) is 36.4 Å². The maximum atomic E-state index is 12.8. The SMILES string of the molecule is O=C(Nc1ccc(Cl)c(Cl)c1)c1ccccc1NC(=O)[C@@H]1CCCC[C@H]1C(=O)O. The number of hydrogen-bond acceptors (Lipinski definition) is 3.